The molecule has 0 spiro atoms. The second-order valence-corrected chi connectivity index (χ2v) is 13.2. The van der Waals surface area contributed by atoms with Crippen LogP contribution in [0.1, 0.15) is 83.6 Å². The molecule has 3 heterocycles. The first kappa shape index (κ1) is 24.3. The summed E-state index contributed by atoms with van der Waals surface area (Å²) in [6, 6.07) is 11.8. The van der Waals surface area contributed by atoms with E-state index in [1.54, 1.807) is 0 Å². The maximum absolute atomic E-state index is 14.2. The Morgan fingerprint density at radius 3 is 2.28 bits per heavy atom. The lowest BCUT2D eigenvalue weighted by atomic mass is 9.78. The Balaban J connectivity index is 1.09. The van der Waals surface area contributed by atoms with E-state index in [0.29, 0.717) is 36.9 Å². The second-order valence-electron chi connectivity index (χ2n) is 13.2. The summed E-state index contributed by atoms with van der Waals surface area (Å²) in [5.74, 6) is 1.61. The minimum atomic E-state index is -0.487. The van der Waals surface area contributed by atoms with Crippen molar-refractivity contribution in [3.63, 3.8) is 0 Å². The zero-order valence-electron chi connectivity index (χ0n) is 22.3. The molecular formula is C30H43N3O3. The van der Waals surface area contributed by atoms with E-state index in [1.807, 2.05) is 25.7 Å². The molecule has 2 saturated carbocycles. The first-order valence-electron chi connectivity index (χ1n) is 14.3. The highest BCUT2D eigenvalue weighted by molar-refractivity contribution is 5.85. The fourth-order valence-corrected chi connectivity index (χ4v) is 8.30. The molecule has 6 heteroatoms. The molecule has 36 heavy (non-hydrogen) atoms. The number of nitrogens with zero attached hydrogens (tertiary/aromatic N) is 3. The van der Waals surface area contributed by atoms with Gasteiger partial charge in [0.25, 0.3) is 0 Å². The average molecular weight is 494 g/mol. The highest BCUT2D eigenvalue weighted by atomic mass is 16.6. The number of amides is 2. The van der Waals surface area contributed by atoms with E-state index in [2.05, 4.69) is 40.1 Å². The Morgan fingerprint density at radius 1 is 0.917 bits per heavy atom. The van der Waals surface area contributed by atoms with Crippen molar-refractivity contribution in [1.82, 2.24) is 14.7 Å². The predicted molar refractivity (Wildman–Crippen MR) is 140 cm³/mol. The van der Waals surface area contributed by atoms with Gasteiger partial charge >= 0.3 is 6.09 Å². The third-order valence-corrected chi connectivity index (χ3v) is 9.99. The molecule has 6 nitrogen and oxygen atoms in total. The number of piperidine rings is 1. The molecule has 0 aromatic heterocycles. The van der Waals surface area contributed by atoms with Gasteiger partial charge in [0.1, 0.15) is 5.60 Å². The summed E-state index contributed by atoms with van der Waals surface area (Å²) >= 11 is 0. The smallest absolute Gasteiger partial charge is 0.410 e. The van der Waals surface area contributed by atoms with Gasteiger partial charge in [-0.15, -0.1) is 0 Å². The number of carbonyl (C=O) groups is 2. The van der Waals surface area contributed by atoms with Crippen molar-refractivity contribution in [1.29, 1.82) is 0 Å². The van der Waals surface area contributed by atoms with Gasteiger partial charge in [-0.25, -0.2) is 4.79 Å². The molecule has 3 aliphatic heterocycles. The minimum absolute atomic E-state index is 0.110. The summed E-state index contributed by atoms with van der Waals surface area (Å²) in [7, 11) is 0. The summed E-state index contributed by atoms with van der Waals surface area (Å²) in [5, 5.41) is 0. The molecular weight excluding hydrogens is 450 g/mol. The van der Waals surface area contributed by atoms with Gasteiger partial charge in [0, 0.05) is 19.1 Å². The van der Waals surface area contributed by atoms with Gasteiger partial charge in [0.05, 0.1) is 17.5 Å². The van der Waals surface area contributed by atoms with Crippen molar-refractivity contribution >= 4 is 12.0 Å². The van der Waals surface area contributed by atoms with E-state index in [0.717, 1.165) is 32.4 Å². The highest BCUT2D eigenvalue weighted by Gasteiger charge is 2.60. The quantitative estimate of drug-likeness (QED) is 0.592. The van der Waals surface area contributed by atoms with E-state index < -0.39 is 5.60 Å². The lowest BCUT2D eigenvalue weighted by molar-refractivity contribution is -0.146. The lowest BCUT2D eigenvalue weighted by Gasteiger charge is -2.40. The zero-order valence-corrected chi connectivity index (χ0v) is 22.3. The van der Waals surface area contributed by atoms with Crippen molar-refractivity contribution in [3.8, 4) is 0 Å². The van der Waals surface area contributed by atoms with Gasteiger partial charge in [-0.05, 0) is 96.2 Å². The van der Waals surface area contributed by atoms with Crippen LogP contribution in [0.25, 0.3) is 0 Å². The first-order valence-corrected chi connectivity index (χ1v) is 14.3. The fraction of sp³-hybridized carbons (Fsp3) is 0.733. The third kappa shape index (κ3) is 4.23. The third-order valence-electron chi connectivity index (χ3n) is 9.99. The van der Waals surface area contributed by atoms with Crippen molar-refractivity contribution in [3.05, 3.63) is 35.9 Å². The Hall–Kier alpha value is -2.08. The predicted octanol–water partition coefficient (Wildman–Crippen LogP) is 5.04. The van der Waals surface area contributed by atoms with Gasteiger partial charge in [-0.2, -0.15) is 0 Å². The van der Waals surface area contributed by atoms with Crippen molar-refractivity contribution in [2.75, 3.05) is 26.2 Å². The molecule has 5 aliphatic rings. The number of rotatable bonds is 3. The van der Waals surface area contributed by atoms with Gasteiger partial charge in [0.2, 0.25) is 5.91 Å². The molecule has 2 bridgehead atoms. The Kier molecular flexibility index (Phi) is 6.09. The number of likely N-dealkylation sites (tertiary alicyclic amines) is 3. The maximum Gasteiger partial charge on any atom is 0.410 e. The molecule has 0 radical (unpaired) electrons. The molecule has 2 aliphatic carbocycles. The van der Waals surface area contributed by atoms with E-state index in [-0.39, 0.29) is 23.6 Å². The Labute approximate surface area is 216 Å². The van der Waals surface area contributed by atoms with Crippen LogP contribution in [0.3, 0.4) is 0 Å². The van der Waals surface area contributed by atoms with Crippen LogP contribution >= 0.6 is 0 Å². The molecule has 2 amide bonds. The van der Waals surface area contributed by atoms with Crippen LogP contribution in [0.4, 0.5) is 4.79 Å². The number of fused-ring (bicyclic) bond motifs is 3. The SMILES string of the molecule is CC(C)(C)OC(=O)N1C[C@@H]2C[C@H]1CN2C(=O)[C@@]12CCC[C@@H]1C[C@@H](N1CCC(c3ccccc3)CC1)C2. The summed E-state index contributed by atoms with van der Waals surface area (Å²) in [6.07, 6.45) is 8.80. The normalized spacial score (nSPS) is 34.9. The Bertz CT molecular complexity index is 983. The van der Waals surface area contributed by atoms with Crippen molar-refractivity contribution in [2.24, 2.45) is 11.3 Å². The maximum atomic E-state index is 14.2. The molecule has 0 N–H and O–H groups in total. The highest BCUT2D eigenvalue weighted by Crippen LogP contribution is 2.57. The van der Waals surface area contributed by atoms with Gasteiger partial charge in [-0.1, -0.05) is 36.8 Å². The van der Waals surface area contributed by atoms with Crippen molar-refractivity contribution < 1.29 is 14.3 Å². The molecule has 3 saturated heterocycles. The van der Waals surface area contributed by atoms with E-state index >= 15 is 0 Å². The van der Waals surface area contributed by atoms with E-state index in [4.69, 9.17) is 4.74 Å². The van der Waals surface area contributed by atoms with Crippen LogP contribution in [-0.4, -0.2) is 76.6 Å². The molecule has 5 atom stereocenters. The average Bonchev–Trinajstić information content (AvgIpc) is 3.62. The molecule has 1 aromatic rings. The van der Waals surface area contributed by atoms with Crippen LogP contribution < -0.4 is 0 Å². The molecule has 196 valence electrons. The zero-order chi connectivity index (χ0) is 25.1. The molecule has 0 unspecified atom stereocenters. The van der Waals surface area contributed by atoms with Gasteiger partial charge in [-0.3, -0.25) is 4.79 Å². The largest absolute Gasteiger partial charge is 0.444 e. The van der Waals surface area contributed by atoms with Crippen LogP contribution in [-0.2, 0) is 9.53 Å². The summed E-state index contributed by atoms with van der Waals surface area (Å²) in [4.78, 5) is 33.6. The fourth-order valence-electron chi connectivity index (χ4n) is 8.30. The first-order chi connectivity index (χ1) is 17.2. The van der Waals surface area contributed by atoms with E-state index in [1.165, 1.54) is 37.7 Å². The lowest BCUT2D eigenvalue weighted by Crippen LogP contribution is -2.55. The number of benzene rings is 1. The van der Waals surface area contributed by atoms with Crippen LogP contribution in [0.15, 0.2) is 30.3 Å². The second kappa shape index (κ2) is 9.04. The molecule has 6 rings (SSSR count). The summed E-state index contributed by atoms with van der Waals surface area (Å²) < 4.78 is 5.63. The Morgan fingerprint density at radius 2 is 1.61 bits per heavy atom. The monoisotopic (exact) mass is 493 g/mol. The number of carbonyl (C=O) groups excluding carboxylic acids is 2. The van der Waals surface area contributed by atoms with Crippen LogP contribution in [0.5, 0.6) is 0 Å². The number of hydrogen-bond acceptors (Lipinski definition) is 4. The van der Waals surface area contributed by atoms with Crippen LogP contribution in [0, 0.1) is 11.3 Å². The number of ether oxygens (including phenoxy) is 1. The standard InChI is InChI=1S/C30H43N3O3/c1-29(2,3)36-28(35)33-20-25-17-26(33)19-32(25)27(34)30-13-7-10-23(30)16-24(18-30)31-14-11-22(12-15-31)21-8-5-4-6-9-21/h4-6,8-9,22-26H,7,10-20H2,1-3H3/t23-,24-,25+,26+,30-/m1/s1. The molecule has 1 aromatic carbocycles. The van der Waals surface area contributed by atoms with Crippen molar-refractivity contribution in [2.45, 2.75) is 102 Å². The van der Waals surface area contributed by atoms with E-state index in [9.17, 15) is 9.59 Å². The number of hydrogen-bond donors (Lipinski definition) is 0. The van der Waals surface area contributed by atoms with Crippen LogP contribution in [0.2, 0.25) is 0 Å². The van der Waals surface area contributed by atoms with Gasteiger partial charge in [0.15, 0.2) is 0 Å². The minimum Gasteiger partial charge on any atom is -0.444 e. The summed E-state index contributed by atoms with van der Waals surface area (Å²) in [5.41, 5.74) is 0.831. The topological polar surface area (TPSA) is 53.1 Å². The van der Waals surface area contributed by atoms with Gasteiger partial charge < -0.3 is 19.4 Å². The number of piperazine rings is 1. The molecule has 5 fully saturated rings. The summed E-state index contributed by atoms with van der Waals surface area (Å²) in [6.45, 7) is 9.35.